The fourth-order valence-electron chi connectivity index (χ4n) is 3.44. The number of carbonyl (C=O) groups excluding carboxylic acids is 2. The van der Waals surface area contributed by atoms with Crippen LogP contribution in [0.25, 0.3) is 0 Å². The molecule has 0 aromatic heterocycles. The first-order valence-electron chi connectivity index (χ1n) is 8.79. The summed E-state index contributed by atoms with van der Waals surface area (Å²) in [5.74, 6) is -0.784. The topological polar surface area (TPSA) is 87.5 Å². The lowest BCUT2D eigenvalue weighted by Gasteiger charge is -2.32. The molecule has 1 aromatic carbocycles. The Morgan fingerprint density at radius 3 is 2.52 bits per heavy atom. The Kier molecular flexibility index (Phi) is 5.22. The number of halogens is 1. The number of piperidine rings is 1. The van der Waals surface area contributed by atoms with Gasteiger partial charge in [0.05, 0.1) is 0 Å². The molecule has 1 unspecified atom stereocenters. The highest BCUT2D eigenvalue weighted by atomic mass is 19.1. The maximum atomic E-state index is 14.3. The number of amides is 2. The molecule has 2 heterocycles. The van der Waals surface area contributed by atoms with E-state index in [0.29, 0.717) is 13.1 Å². The molecule has 0 aliphatic carbocycles. The molecule has 2 aliphatic rings. The molecule has 3 rings (SSSR count). The molecule has 2 saturated heterocycles. The van der Waals surface area contributed by atoms with E-state index in [1.165, 1.54) is 0 Å². The third-order valence-corrected chi connectivity index (χ3v) is 5.16. The number of hydrogen-bond donors (Lipinski definition) is 3. The van der Waals surface area contributed by atoms with Gasteiger partial charge in [-0.05, 0) is 37.1 Å². The average molecular weight is 348 g/mol. The number of nitrogens with zero attached hydrogens (tertiary/aromatic N) is 1. The summed E-state index contributed by atoms with van der Waals surface area (Å²) in [4.78, 5) is 25.4. The van der Waals surface area contributed by atoms with Crippen molar-refractivity contribution in [1.82, 2.24) is 10.6 Å². The first-order valence-corrected chi connectivity index (χ1v) is 8.79. The van der Waals surface area contributed by atoms with E-state index in [4.69, 9.17) is 5.73 Å². The van der Waals surface area contributed by atoms with Gasteiger partial charge in [0.1, 0.15) is 0 Å². The van der Waals surface area contributed by atoms with Gasteiger partial charge in [-0.25, -0.2) is 4.39 Å². The molecular weight excluding hydrogens is 323 g/mol. The highest BCUT2D eigenvalue weighted by molar-refractivity contribution is 5.85. The molecule has 4 N–H and O–H groups in total. The van der Waals surface area contributed by atoms with E-state index in [1.54, 1.807) is 0 Å². The smallest absolute Gasteiger partial charge is 0.259 e. The summed E-state index contributed by atoms with van der Waals surface area (Å²) < 4.78 is 14.3. The molecule has 136 valence electrons. The second kappa shape index (κ2) is 7.39. The normalized spacial score (nSPS) is 24.3. The van der Waals surface area contributed by atoms with Crippen LogP contribution in [0, 0.1) is 5.92 Å². The molecule has 0 saturated carbocycles. The van der Waals surface area contributed by atoms with Crippen LogP contribution in [-0.2, 0) is 16.1 Å². The van der Waals surface area contributed by atoms with Gasteiger partial charge in [0.2, 0.25) is 11.6 Å². The Bertz CT molecular complexity index is 620. The van der Waals surface area contributed by atoms with Gasteiger partial charge >= 0.3 is 0 Å². The SMILES string of the molecule is NC(=O)C1CCN(c2ccc(CNC(=O)C3(F)CCNC3)cc2)CC1. The largest absolute Gasteiger partial charge is 0.371 e. The van der Waals surface area contributed by atoms with Gasteiger partial charge in [-0.1, -0.05) is 12.1 Å². The van der Waals surface area contributed by atoms with Gasteiger partial charge < -0.3 is 21.3 Å². The van der Waals surface area contributed by atoms with E-state index < -0.39 is 11.6 Å². The molecule has 1 aromatic rings. The van der Waals surface area contributed by atoms with Gasteiger partial charge in [-0.15, -0.1) is 0 Å². The number of rotatable bonds is 5. The van der Waals surface area contributed by atoms with Gasteiger partial charge in [0.25, 0.3) is 5.91 Å². The summed E-state index contributed by atoms with van der Waals surface area (Å²) in [6.07, 6.45) is 1.78. The molecule has 2 aliphatic heterocycles. The van der Waals surface area contributed by atoms with E-state index >= 15 is 0 Å². The highest BCUT2D eigenvalue weighted by Crippen LogP contribution is 2.24. The van der Waals surface area contributed by atoms with Crippen LogP contribution in [0.15, 0.2) is 24.3 Å². The van der Waals surface area contributed by atoms with E-state index in [-0.39, 0.29) is 24.8 Å². The number of alkyl halides is 1. The molecule has 2 fully saturated rings. The lowest BCUT2D eigenvalue weighted by atomic mass is 9.96. The minimum Gasteiger partial charge on any atom is -0.371 e. The molecule has 1 atom stereocenters. The molecule has 0 spiro atoms. The number of carbonyl (C=O) groups is 2. The first kappa shape index (κ1) is 17.7. The number of anilines is 1. The lowest BCUT2D eigenvalue weighted by Crippen LogP contribution is -2.44. The molecular formula is C18H25FN4O2. The lowest BCUT2D eigenvalue weighted by molar-refractivity contribution is -0.131. The molecule has 0 bridgehead atoms. The molecule has 0 radical (unpaired) electrons. The second-order valence-electron chi connectivity index (χ2n) is 6.90. The van der Waals surface area contributed by atoms with Crippen LogP contribution in [0.1, 0.15) is 24.8 Å². The maximum absolute atomic E-state index is 14.3. The van der Waals surface area contributed by atoms with Crippen molar-refractivity contribution >= 4 is 17.5 Å². The standard InChI is InChI=1S/C18H25FN4O2/c19-18(7-8-21-12-18)17(25)22-11-13-1-3-15(4-2-13)23-9-5-14(6-10-23)16(20)24/h1-4,14,21H,5-12H2,(H2,20,24)(H,22,25). The van der Waals surface area contributed by atoms with Crippen LogP contribution in [0.5, 0.6) is 0 Å². The minimum atomic E-state index is -1.79. The van der Waals surface area contributed by atoms with Crippen molar-refractivity contribution < 1.29 is 14.0 Å². The Hall–Kier alpha value is -2.15. The van der Waals surface area contributed by atoms with Crippen molar-refractivity contribution in [3.8, 4) is 0 Å². The monoisotopic (exact) mass is 348 g/mol. The molecule has 25 heavy (non-hydrogen) atoms. The maximum Gasteiger partial charge on any atom is 0.259 e. The van der Waals surface area contributed by atoms with Crippen LogP contribution in [0.2, 0.25) is 0 Å². The first-order chi connectivity index (χ1) is 12.0. The molecule has 2 amide bonds. The zero-order valence-electron chi connectivity index (χ0n) is 14.3. The van der Waals surface area contributed by atoms with E-state index in [1.807, 2.05) is 24.3 Å². The van der Waals surface area contributed by atoms with Crippen molar-refractivity contribution in [3.05, 3.63) is 29.8 Å². The van der Waals surface area contributed by atoms with Crippen LogP contribution in [0.3, 0.4) is 0 Å². The number of benzene rings is 1. The summed E-state index contributed by atoms with van der Waals surface area (Å²) in [5, 5.41) is 5.56. The summed E-state index contributed by atoms with van der Waals surface area (Å²) in [6.45, 7) is 2.54. The van der Waals surface area contributed by atoms with Crippen LogP contribution in [0.4, 0.5) is 10.1 Å². The predicted octanol–water partition coefficient (Wildman–Crippen LogP) is 0.706. The summed E-state index contributed by atoms with van der Waals surface area (Å²) >= 11 is 0. The van der Waals surface area contributed by atoms with Crippen molar-refractivity contribution in [3.63, 3.8) is 0 Å². The second-order valence-corrected chi connectivity index (χ2v) is 6.90. The van der Waals surface area contributed by atoms with E-state index in [0.717, 1.165) is 37.2 Å². The van der Waals surface area contributed by atoms with Gasteiger partial charge in [0.15, 0.2) is 0 Å². The van der Waals surface area contributed by atoms with Gasteiger partial charge in [-0.2, -0.15) is 0 Å². The van der Waals surface area contributed by atoms with Crippen LogP contribution >= 0.6 is 0 Å². The van der Waals surface area contributed by atoms with Crippen molar-refractivity contribution in [1.29, 1.82) is 0 Å². The third-order valence-electron chi connectivity index (χ3n) is 5.16. The van der Waals surface area contributed by atoms with E-state index in [2.05, 4.69) is 15.5 Å². The predicted molar refractivity (Wildman–Crippen MR) is 93.7 cm³/mol. The fourth-order valence-corrected chi connectivity index (χ4v) is 3.44. The number of nitrogens with two attached hydrogens (primary N) is 1. The third kappa shape index (κ3) is 4.10. The molecule has 7 heteroatoms. The molecule has 6 nitrogen and oxygen atoms in total. The minimum absolute atomic E-state index is 0.0242. The number of hydrogen-bond acceptors (Lipinski definition) is 4. The van der Waals surface area contributed by atoms with Gasteiger partial charge in [-0.3, -0.25) is 9.59 Å². The average Bonchev–Trinajstić information content (AvgIpc) is 3.08. The van der Waals surface area contributed by atoms with Crippen LogP contribution in [-0.4, -0.2) is 43.7 Å². The summed E-state index contributed by atoms with van der Waals surface area (Å²) in [5.41, 5.74) is 5.59. The van der Waals surface area contributed by atoms with Crippen LogP contribution < -0.4 is 21.3 Å². The highest BCUT2D eigenvalue weighted by Gasteiger charge is 2.41. The zero-order chi connectivity index (χ0) is 17.9. The van der Waals surface area contributed by atoms with Gasteiger partial charge in [0, 0.05) is 44.2 Å². The Labute approximate surface area is 146 Å². The van der Waals surface area contributed by atoms with Crippen molar-refractivity contribution in [2.24, 2.45) is 11.7 Å². The Balaban J connectivity index is 1.51. The zero-order valence-corrected chi connectivity index (χ0v) is 14.3. The van der Waals surface area contributed by atoms with Crippen molar-refractivity contribution in [2.75, 3.05) is 31.1 Å². The Morgan fingerprint density at radius 2 is 1.96 bits per heavy atom. The van der Waals surface area contributed by atoms with E-state index in [9.17, 15) is 14.0 Å². The summed E-state index contributed by atoms with van der Waals surface area (Å²) in [7, 11) is 0. The Morgan fingerprint density at radius 1 is 1.28 bits per heavy atom. The summed E-state index contributed by atoms with van der Waals surface area (Å²) in [6, 6.07) is 7.87. The van der Waals surface area contributed by atoms with Crippen molar-refractivity contribution in [2.45, 2.75) is 31.5 Å². The number of nitrogens with one attached hydrogen (secondary N) is 2. The fraction of sp³-hybridized carbons (Fsp3) is 0.556. The quantitative estimate of drug-likeness (QED) is 0.731. The number of primary amides is 1.